The van der Waals surface area contributed by atoms with Gasteiger partial charge >= 0.3 is 65.7 Å². The third-order valence-electron chi connectivity index (χ3n) is 21.6. The third kappa shape index (κ3) is 14.6. The van der Waals surface area contributed by atoms with Gasteiger partial charge in [0.25, 0.3) is 0 Å². The van der Waals surface area contributed by atoms with Gasteiger partial charge in [0.05, 0.1) is 25.2 Å². The van der Waals surface area contributed by atoms with Crippen molar-refractivity contribution in [1.29, 1.82) is 0 Å². The van der Waals surface area contributed by atoms with Crippen LogP contribution in [0.15, 0.2) is 11.6 Å². The maximum Gasteiger partial charge on any atom is 0.338 e. The first kappa shape index (κ1) is 72.5. The van der Waals surface area contributed by atoms with Crippen molar-refractivity contribution in [2.24, 2.45) is 50.2 Å². The minimum absolute atomic E-state index is 0.00313. The van der Waals surface area contributed by atoms with Crippen LogP contribution in [-0.2, 0) is 129 Å². The van der Waals surface area contributed by atoms with Crippen molar-refractivity contribution in [3.63, 3.8) is 0 Å². The molecule has 0 aromatic carbocycles. The minimum atomic E-state index is -1.80. The second-order valence-corrected chi connectivity index (χ2v) is 28.5. The molecule has 27 heteroatoms. The Hall–Kier alpha value is -6.29. The molecule has 8 aliphatic rings. The van der Waals surface area contributed by atoms with Crippen LogP contribution in [0, 0.1) is 50.2 Å². The number of hydrogen-bond donors (Lipinski definition) is 0. The lowest BCUT2D eigenvalue weighted by Crippen LogP contribution is -2.68. The van der Waals surface area contributed by atoms with Crippen molar-refractivity contribution in [3.8, 4) is 0 Å². The zero-order valence-corrected chi connectivity index (χ0v) is 56.5. The lowest BCUT2D eigenvalue weighted by Gasteiger charge is -2.71. The van der Waals surface area contributed by atoms with Gasteiger partial charge in [0.1, 0.15) is 18.8 Å². The van der Waals surface area contributed by atoms with Crippen molar-refractivity contribution in [2.45, 2.75) is 267 Å². The number of methoxy groups -OCH3 is 1. The van der Waals surface area contributed by atoms with Gasteiger partial charge in [-0.15, -0.1) is 0 Å². The van der Waals surface area contributed by atoms with Crippen LogP contribution in [0.2, 0.25) is 0 Å². The molecule has 93 heavy (non-hydrogen) atoms. The number of allylic oxidation sites excluding steroid dienone is 2. The van der Waals surface area contributed by atoms with E-state index >= 15 is 4.79 Å². The number of ether oxygens (including phenoxy) is 16. The van der Waals surface area contributed by atoms with Gasteiger partial charge in [0.15, 0.2) is 61.4 Å². The Labute approximate surface area is 541 Å². The van der Waals surface area contributed by atoms with E-state index in [4.69, 9.17) is 75.8 Å². The first-order valence-electron chi connectivity index (χ1n) is 32.1. The summed E-state index contributed by atoms with van der Waals surface area (Å²) in [4.78, 5) is 143. The van der Waals surface area contributed by atoms with Crippen molar-refractivity contribution in [3.05, 3.63) is 11.6 Å². The Morgan fingerprint density at radius 2 is 1.01 bits per heavy atom. The van der Waals surface area contributed by atoms with Crippen LogP contribution in [0.25, 0.3) is 0 Å². The first-order chi connectivity index (χ1) is 43.3. The van der Waals surface area contributed by atoms with Crippen molar-refractivity contribution < 1.29 is 129 Å². The molecule has 3 saturated heterocycles. The number of fused-ring (bicyclic) bond motifs is 7. The zero-order valence-electron chi connectivity index (χ0n) is 56.5. The Bertz CT molecular complexity index is 2940. The predicted molar refractivity (Wildman–Crippen MR) is 315 cm³/mol. The first-order valence-corrected chi connectivity index (χ1v) is 32.1. The van der Waals surface area contributed by atoms with Crippen LogP contribution in [0.4, 0.5) is 0 Å². The van der Waals surface area contributed by atoms with Gasteiger partial charge in [-0.1, -0.05) is 60.1 Å². The summed E-state index contributed by atoms with van der Waals surface area (Å²) in [5, 5.41) is 0. The van der Waals surface area contributed by atoms with E-state index in [1.165, 1.54) is 12.5 Å². The van der Waals surface area contributed by atoms with E-state index < -0.39 is 187 Å². The van der Waals surface area contributed by atoms with Crippen molar-refractivity contribution >= 4 is 65.7 Å². The van der Waals surface area contributed by atoms with Gasteiger partial charge < -0.3 is 75.8 Å². The molecule has 3 heterocycles. The van der Waals surface area contributed by atoms with E-state index in [2.05, 4.69) is 54.5 Å². The Balaban J connectivity index is 1.08. The van der Waals surface area contributed by atoms with E-state index in [9.17, 15) is 47.9 Å². The standard InChI is InChI=1S/C66H94O27/c1-31(67)79-29-43-47(82-33(3)69)49(84-35(5)71)54(87-38(8)74)58(89-43)93-60(77)66-26-24-61(10,11)28-41(66)40-18-19-45-63(14)22-21-46(62(12,13)44(63)20-23-65(45,16)64(40,15)25-27-66)90-59-55(88-39(9)75)51(85-36(6)72)50(52(92-59)56(76)78-17)91-57-53(86-37(7)73)48(83-34(4)70)42(30-80-57)81-32(2)68/h18,41-55,57-59H,19-30H2,1-17H3. The lowest BCUT2D eigenvalue weighted by molar-refractivity contribution is -0.356. The number of carbonyl (C=O) groups excluding carboxylic acids is 11. The molecule has 0 aromatic heterocycles. The summed E-state index contributed by atoms with van der Waals surface area (Å²) < 4.78 is 94.5. The summed E-state index contributed by atoms with van der Waals surface area (Å²) in [6, 6.07) is 0. The molecule has 27 nitrogen and oxygen atoms in total. The van der Waals surface area contributed by atoms with Gasteiger partial charge in [-0.2, -0.15) is 0 Å². The normalized spacial score (nSPS) is 39.6. The molecule has 0 aromatic rings. The van der Waals surface area contributed by atoms with Crippen LogP contribution in [0.3, 0.4) is 0 Å². The zero-order chi connectivity index (χ0) is 68.8. The van der Waals surface area contributed by atoms with Crippen LogP contribution in [0.5, 0.6) is 0 Å². The fourth-order valence-electron chi connectivity index (χ4n) is 17.5. The molecule has 0 amide bonds. The van der Waals surface area contributed by atoms with Crippen LogP contribution < -0.4 is 0 Å². The highest BCUT2D eigenvalue weighted by atomic mass is 16.8. The second-order valence-electron chi connectivity index (χ2n) is 28.5. The molecule has 0 spiro atoms. The predicted octanol–water partition coefficient (Wildman–Crippen LogP) is 6.10. The SMILES string of the molecule is COC(=O)C1OC(OC2CCC3(C)C(CCC4(C)C3CC=C3C5CC(C)(C)CCC5(C(=O)OC5OC(COC(C)=O)C(OC(C)=O)C(OC(C)=O)C5OC(C)=O)CCC34C)C2(C)C)C(OC(C)=O)C(OC(C)=O)C1OC1OCC(OC(C)=O)C(OC(C)=O)C1OC(C)=O. The molecule has 0 radical (unpaired) electrons. The molecule has 4 saturated carbocycles. The molecular formula is C66H94O27. The lowest BCUT2D eigenvalue weighted by atomic mass is 9.33. The largest absolute Gasteiger partial charge is 0.467 e. The van der Waals surface area contributed by atoms with E-state index in [1.54, 1.807) is 0 Å². The summed E-state index contributed by atoms with van der Waals surface area (Å²) in [5.41, 5.74) is -1.81. The van der Waals surface area contributed by atoms with Crippen LogP contribution in [-0.4, -0.2) is 178 Å². The van der Waals surface area contributed by atoms with Crippen molar-refractivity contribution in [1.82, 2.24) is 0 Å². The molecule has 520 valence electrons. The van der Waals surface area contributed by atoms with Crippen LogP contribution in [0.1, 0.15) is 175 Å². The summed E-state index contributed by atoms with van der Waals surface area (Å²) in [7, 11) is 1.09. The topological polar surface area (TPSA) is 335 Å². The number of rotatable bonds is 17. The third-order valence-corrected chi connectivity index (χ3v) is 21.6. The average molecular weight is 1320 g/mol. The molecule has 8 rings (SSSR count). The maximum atomic E-state index is 15.6. The highest BCUT2D eigenvalue weighted by molar-refractivity contribution is 5.79. The average Bonchev–Trinajstić information content (AvgIpc) is 0.677. The Kier molecular flexibility index (Phi) is 21.7. The highest BCUT2D eigenvalue weighted by Crippen LogP contribution is 2.76. The van der Waals surface area contributed by atoms with Gasteiger partial charge in [-0.25, -0.2) is 4.79 Å². The molecular weight excluding hydrogens is 1220 g/mol. The van der Waals surface area contributed by atoms with E-state index in [0.717, 1.165) is 75.3 Å². The number of carbonyl (C=O) groups is 11. The van der Waals surface area contributed by atoms with Crippen LogP contribution >= 0.6 is 0 Å². The molecule has 5 aliphatic carbocycles. The highest BCUT2D eigenvalue weighted by Gasteiger charge is 2.71. The fraction of sp³-hybridized carbons (Fsp3) is 0.803. The molecule has 0 N–H and O–H groups in total. The quantitative estimate of drug-likeness (QED) is 0.0687. The summed E-state index contributed by atoms with van der Waals surface area (Å²) >= 11 is 0. The van der Waals surface area contributed by atoms with Gasteiger partial charge in [0.2, 0.25) is 12.4 Å². The summed E-state index contributed by atoms with van der Waals surface area (Å²) in [6.45, 7) is 24.8. The second kappa shape index (κ2) is 27.8. The molecule has 3 aliphatic heterocycles. The molecule has 22 atom stereocenters. The molecule has 0 bridgehead atoms. The summed E-state index contributed by atoms with van der Waals surface area (Å²) in [6.07, 6.45) is -14.3. The smallest absolute Gasteiger partial charge is 0.338 e. The van der Waals surface area contributed by atoms with E-state index in [0.29, 0.717) is 51.4 Å². The summed E-state index contributed by atoms with van der Waals surface area (Å²) in [5.74, 6) is -9.18. The fourth-order valence-corrected chi connectivity index (χ4v) is 17.5. The molecule has 22 unspecified atom stereocenters. The Morgan fingerprint density at radius 1 is 0.495 bits per heavy atom. The van der Waals surface area contributed by atoms with Gasteiger partial charge in [0, 0.05) is 62.3 Å². The number of hydrogen-bond acceptors (Lipinski definition) is 27. The van der Waals surface area contributed by atoms with Gasteiger partial charge in [-0.05, 0) is 109 Å². The van der Waals surface area contributed by atoms with Crippen molar-refractivity contribution in [2.75, 3.05) is 20.3 Å². The maximum absolute atomic E-state index is 15.6. The van der Waals surface area contributed by atoms with E-state index in [-0.39, 0.29) is 34.0 Å². The monoisotopic (exact) mass is 1320 g/mol. The number of esters is 11. The minimum Gasteiger partial charge on any atom is -0.467 e. The van der Waals surface area contributed by atoms with Gasteiger partial charge in [-0.3, -0.25) is 47.9 Å². The Morgan fingerprint density at radius 3 is 1.57 bits per heavy atom. The van der Waals surface area contributed by atoms with E-state index in [1.807, 2.05) is 0 Å². The molecule has 7 fully saturated rings.